The van der Waals surface area contributed by atoms with Crippen molar-refractivity contribution in [3.05, 3.63) is 63.4 Å². The van der Waals surface area contributed by atoms with E-state index < -0.39 is 0 Å². The molecule has 1 atom stereocenters. The number of ether oxygens (including phenoxy) is 1. The Balaban J connectivity index is 2.17. The predicted octanol–water partition coefficient (Wildman–Crippen LogP) is 4.73. The van der Waals surface area contributed by atoms with Crippen molar-refractivity contribution in [2.24, 2.45) is 5.73 Å². The van der Waals surface area contributed by atoms with E-state index in [1.807, 2.05) is 6.92 Å². The molecule has 0 fully saturated rings. The molecular formula is C15H14Cl2FNO. The van der Waals surface area contributed by atoms with E-state index in [2.05, 4.69) is 0 Å². The van der Waals surface area contributed by atoms with Crippen molar-refractivity contribution in [1.82, 2.24) is 0 Å². The number of hydrogen-bond acceptors (Lipinski definition) is 2. The second kappa shape index (κ2) is 6.44. The highest BCUT2D eigenvalue weighted by Crippen LogP contribution is 2.27. The summed E-state index contributed by atoms with van der Waals surface area (Å²) in [6.07, 6.45) is 0. The van der Waals surface area contributed by atoms with Crippen molar-refractivity contribution in [2.75, 3.05) is 0 Å². The first kappa shape index (κ1) is 15.1. The largest absolute Gasteiger partial charge is 0.488 e. The zero-order valence-electron chi connectivity index (χ0n) is 10.9. The SMILES string of the molecule is C[C@@H](N)c1ccc(F)cc1OCc1ccc(Cl)c(Cl)c1. The van der Waals surface area contributed by atoms with Gasteiger partial charge >= 0.3 is 0 Å². The Morgan fingerprint density at radius 3 is 2.55 bits per heavy atom. The molecule has 2 aromatic rings. The van der Waals surface area contributed by atoms with Gasteiger partial charge in [-0.25, -0.2) is 4.39 Å². The van der Waals surface area contributed by atoms with E-state index in [0.717, 1.165) is 11.1 Å². The molecule has 0 spiro atoms. The highest BCUT2D eigenvalue weighted by Gasteiger charge is 2.10. The topological polar surface area (TPSA) is 35.2 Å². The minimum absolute atomic E-state index is 0.237. The van der Waals surface area contributed by atoms with Gasteiger partial charge in [-0.2, -0.15) is 0 Å². The van der Waals surface area contributed by atoms with Crippen LogP contribution in [0.15, 0.2) is 36.4 Å². The van der Waals surface area contributed by atoms with Gasteiger partial charge in [-0.1, -0.05) is 35.3 Å². The van der Waals surface area contributed by atoms with Crippen molar-refractivity contribution in [1.29, 1.82) is 0 Å². The van der Waals surface area contributed by atoms with Crippen molar-refractivity contribution < 1.29 is 9.13 Å². The standard InChI is InChI=1S/C15H14Cl2FNO/c1-9(19)12-4-3-11(18)7-15(12)20-8-10-2-5-13(16)14(17)6-10/h2-7,9H,8,19H2,1H3/t9-/m1/s1. The summed E-state index contributed by atoms with van der Waals surface area (Å²) in [5, 5.41) is 0.942. The summed E-state index contributed by atoms with van der Waals surface area (Å²) < 4.78 is 18.9. The first-order valence-electron chi connectivity index (χ1n) is 6.09. The van der Waals surface area contributed by atoms with Crippen molar-refractivity contribution in [3.63, 3.8) is 0 Å². The van der Waals surface area contributed by atoms with Crippen molar-refractivity contribution in [3.8, 4) is 5.75 Å². The summed E-state index contributed by atoms with van der Waals surface area (Å²) in [6.45, 7) is 2.08. The molecule has 2 aromatic carbocycles. The lowest BCUT2D eigenvalue weighted by Gasteiger charge is -2.14. The minimum atomic E-state index is -0.362. The average Bonchev–Trinajstić information content (AvgIpc) is 2.40. The van der Waals surface area contributed by atoms with Gasteiger partial charge in [0.15, 0.2) is 0 Å². The van der Waals surface area contributed by atoms with E-state index in [4.69, 9.17) is 33.7 Å². The monoisotopic (exact) mass is 313 g/mol. The number of benzene rings is 2. The normalized spacial score (nSPS) is 12.2. The average molecular weight is 314 g/mol. The lowest BCUT2D eigenvalue weighted by Crippen LogP contribution is -2.08. The van der Waals surface area contributed by atoms with E-state index in [1.54, 1.807) is 24.3 Å². The van der Waals surface area contributed by atoms with Crippen LogP contribution in [0.3, 0.4) is 0 Å². The van der Waals surface area contributed by atoms with Crippen LogP contribution >= 0.6 is 23.2 Å². The van der Waals surface area contributed by atoms with Crippen LogP contribution in [0, 0.1) is 5.82 Å². The van der Waals surface area contributed by atoms with Crippen LogP contribution in [-0.4, -0.2) is 0 Å². The molecule has 0 unspecified atom stereocenters. The van der Waals surface area contributed by atoms with E-state index in [0.29, 0.717) is 15.8 Å². The summed E-state index contributed by atoms with van der Waals surface area (Å²) >= 11 is 11.8. The molecule has 0 aliphatic heterocycles. The van der Waals surface area contributed by atoms with E-state index >= 15 is 0 Å². The van der Waals surface area contributed by atoms with Gasteiger partial charge in [0, 0.05) is 17.7 Å². The Morgan fingerprint density at radius 1 is 1.15 bits per heavy atom. The fourth-order valence-corrected chi connectivity index (χ4v) is 2.12. The van der Waals surface area contributed by atoms with Gasteiger partial charge in [0.25, 0.3) is 0 Å². The first-order valence-corrected chi connectivity index (χ1v) is 6.84. The molecule has 5 heteroatoms. The smallest absolute Gasteiger partial charge is 0.127 e. The second-order valence-corrected chi connectivity index (χ2v) is 5.32. The van der Waals surface area contributed by atoms with Crippen LogP contribution in [0.5, 0.6) is 5.75 Å². The predicted molar refractivity (Wildman–Crippen MR) is 79.8 cm³/mol. The van der Waals surface area contributed by atoms with Gasteiger partial charge < -0.3 is 10.5 Å². The zero-order chi connectivity index (χ0) is 14.7. The Kier molecular flexibility index (Phi) is 4.86. The third-order valence-corrected chi connectivity index (χ3v) is 3.58. The summed E-state index contributed by atoms with van der Waals surface area (Å²) in [5.41, 5.74) is 7.44. The zero-order valence-corrected chi connectivity index (χ0v) is 12.4. The molecule has 0 amide bonds. The van der Waals surface area contributed by atoms with Crippen LogP contribution in [-0.2, 0) is 6.61 Å². The maximum atomic E-state index is 13.3. The number of rotatable bonds is 4. The second-order valence-electron chi connectivity index (χ2n) is 4.51. The Morgan fingerprint density at radius 2 is 1.90 bits per heavy atom. The number of halogens is 3. The Labute approximate surface area is 127 Å². The summed E-state index contributed by atoms with van der Waals surface area (Å²) in [7, 11) is 0. The molecule has 0 radical (unpaired) electrons. The van der Waals surface area contributed by atoms with Crippen molar-refractivity contribution in [2.45, 2.75) is 19.6 Å². The molecular weight excluding hydrogens is 300 g/mol. The maximum absolute atomic E-state index is 13.3. The van der Waals surface area contributed by atoms with Crippen LogP contribution in [0.25, 0.3) is 0 Å². The molecule has 0 saturated carbocycles. The molecule has 0 aliphatic carbocycles. The molecule has 2 nitrogen and oxygen atoms in total. The van der Waals surface area contributed by atoms with E-state index in [-0.39, 0.29) is 18.5 Å². The molecule has 0 bridgehead atoms. The summed E-state index contributed by atoms with van der Waals surface area (Å²) in [4.78, 5) is 0. The molecule has 2 N–H and O–H groups in total. The van der Waals surface area contributed by atoms with Crippen LogP contribution in [0.2, 0.25) is 10.0 Å². The third kappa shape index (κ3) is 3.63. The first-order chi connectivity index (χ1) is 9.47. The molecule has 0 heterocycles. The molecule has 0 aliphatic rings. The van der Waals surface area contributed by atoms with E-state index in [9.17, 15) is 4.39 Å². The molecule has 2 rings (SSSR count). The Bertz CT molecular complexity index is 617. The molecule has 106 valence electrons. The molecule has 0 saturated heterocycles. The quantitative estimate of drug-likeness (QED) is 0.885. The molecule has 20 heavy (non-hydrogen) atoms. The van der Waals surface area contributed by atoms with Crippen LogP contribution in [0.1, 0.15) is 24.1 Å². The van der Waals surface area contributed by atoms with Gasteiger partial charge in [-0.3, -0.25) is 0 Å². The number of hydrogen-bond donors (Lipinski definition) is 1. The van der Waals surface area contributed by atoms with Crippen LogP contribution < -0.4 is 10.5 Å². The lowest BCUT2D eigenvalue weighted by molar-refractivity contribution is 0.300. The van der Waals surface area contributed by atoms with E-state index in [1.165, 1.54) is 12.1 Å². The molecule has 0 aromatic heterocycles. The van der Waals surface area contributed by atoms with Gasteiger partial charge in [0.2, 0.25) is 0 Å². The fourth-order valence-electron chi connectivity index (χ4n) is 1.80. The van der Waals surface area contributed by atoms with Crippen LogP contribution in [0.4, 0.5) is 4.39 Å². The number of nitrogens with two attached hydrogens (primary N) is 1. The summed E-state index contributed by atoms with van der Waals surface area (Å²) in [5.74, 6) is 0.0737. The van der Waals surface area contributed by atoms with Gasteiger partial charge in [-0.05, 0) is 30.7 Å². The van der Waals surface area contributed by atoms with Crippen molar-refractivity contribution >= 4 is 23.2 Å². The lowest BCUT2D eigenvalue weighted by atomic mass is 10.1. The minimum Gasteiger partial charge on any atom is -0.488 e. The highest BCUT2D eigenvalue weighted by molar-refractivity contribution is 6.42. The van der Waals surface area contributed by atoms with Gasteiger partial charge in [0.05, 0.1) is 10.0 Å². The van der Waals surface area contributed by atoms with Gasteiger partial charge in [0.1, 0.15) is 18.2 Å². The fraction of sp³-hybridized carbons (Fsp3) is 0.200. The van der Waals surface area contributed by atoms with Gasteiger partial charge in [-0.15, -0.1) is 0 Å². The summed E-state index contributed by atoms with van der Waals surface area (Å²) in [6, 6.07) is 9.30. The highest BCUT2D eigenvalue weighted by atomic mass is 35.5. The third-order valence-electron chi connectivity index (χ3n) is 2.84. The maximum Gasteiger partial charge on any atom is 0.127 e. The Hall–Kier alpha value is -1.29.